The van der Waals surface area contributed by atoms with Gasteiger partial charge in [0.15, 0.2) is 0 Å². The summed E-state index contributed by atoms with van der Waals surface area (Å²) in [6, 6.07) is 0. The Bertz CT molecular complexity index is 121. The minimum atomic E-state index is -0.558. The van der Waals surface area contributed by atoms with Gasteiger partial charge in [-0.2, -0.15) is 0 Å². The minimum Gasteiger partial charge on any atom is -0.481 e. The van der Waals surface area contributed by atoms with E-state index in [9.17, 15) is 0 Å². The molecular formula is C7H12O2. The Labute approximate surface area is 55.1 Å². The summed E-state index contributed by atoms with van der Waals surface area (Å²) in [5.41, 5.74) is 0.606. The normalized spacial score (nSPS) is 8.56. The molecular weight excluding hydrogens is 116 g/mol. The van der Waals surface area contributed by atoms with E-state index in [-0.39, 0.29) is 0 Å². The molecule has 0 aromatic carbocycles. The lowest BCUT2D eigenvalue weighted by atomic mass is 10.2. The topological polar surface area (TPSA) is 40.5 Å². The molecule has 9 heavy (non-hydrogen) atoms. The maximum atomic E-state index is 8.45. The third kappa shape index (κ3) is 3.64. The summed E-state index contributed by atoms with van der Waals surface area (Å²) in [4.78, 5) is 0. The van der Waals surface area contributed by atoms with Crippen LogP contribution < -0.4 is 0 Å². The smallest absolute Gasteiger partial charge is 0.272 e. The SMILES string of the molecule is C=CCCC(C)=C(O)O. The first-order valence-corrected chi connectivity index (χ1v) is 2.87. The van der Waals surface area contributed by atoms with E-state index in [2.05, 4.69) is 6.58 Å². The van der Waals surface area contributed by atoms with Crippen LogP contribution in [0.4, 0.5) is 0 Å². The second-order valence-corrected chi connectivity index (χ2v) is 1.93. The van der Waals surface area contributed by atoms with Gasteiger partial charge in [-0.25, -0.2) is 0 Å². The summed E-state index contributed by atoms with van der Waals surface area (Å²) in [5, 5.41) is 16.9. The standard InChI is InChI=1S/C7H12O2/c1-3-4-5-6(2)7(8)9/h3,8-9H,1,4-5H2,2H3. The Kier molecular flexibility index (Phi) is 3.60. The highest BCUT2D eigenvalue weighted by molar-refractivity contribution is 4.98. The van der Waals surface area contributed by atoms with Gasteiger partial charge >= 0.3 is 0 Å². The van der Waals surface area contributed by atoms with E-state index in [0.717, 1.165) is 6.42 Å². The van der Waals surface area contributed by atoms with Crippen molar-refractivity contribution < 1.29 is 10.2 Å². The van der Waals surface area contributed by atoms with Crippen molar-refractivity contribution in [3.8, 4) is 0 Å². The van der Waals surface area contributed by atoms with Gasteiger partial charge in [-0.3, -0.25) is 0 Å². The Balaban J connectivity index is 3.62. The molecule has 0 radical (unpaired) electrons. The monoisotopic (exact) mass is 128 g/mol. The highest BCUT2D eigenvalue weighted by Gasteiger charge is 1.93. The van der Waals surface area contributed by atoms with Crippen LogP contribution in [0.25, 0.3) is 0 Å². The molecule has 0 heterocycles. The van der Waals surface area contributed by atoms with E-state index in [1.165, 1.54) is 0 Å². The highest BCUT2D eigenvalue weighted by Crippen LogP contribution is 2.05. The average molecular weight is 128 g/mol. The molecule has 0 bridgehead atoms. The van der Waals surface area contributed by atoms with E-state index in [0.29, 0.717) is 12.0 Å². The van der Waals surface area contributed by atoms with E-state index in [1.54, 1.807) is 13.0 Å². The average Bonchev–Trinajstić information content (AvgIpc) is 1.82. The van der Waals surface area contributed by atoms with Crippen molar-refractivity contribution in [3.63, 3.8) is 0 Å². The van der Waals surface area contributed by atoms with Crippen LogP contribution in [-0.2, 0) is 0 Å². The molecule has 52 valence electrons. The molecule has 0 saturated heterocycles. The highest BCUT2D eigenvalue weighted by atomic mass is 16.5. The number of hydrogen-bond donors (Lipinski definition) is 2. The molecule has 0 aliphatic carbocycles. The fraction of sp³-hybridized carbons (Fsp3) is 0.429. The predicted octanol–water partition coefficient (Wildman–Crippen LogP) is 2.30. The number of rotatable bonds is 3. The summed E-state index contributed by atoms with van der Waals surface area (Å²) in [7, 11) is 0. The van der Waals surface area contributed by atoms with E-state index >= 15 is 0 Å². The van der Waals surface area contributed by atoms with Crippen molar-refractivity contribution >= 4 is 0 Å². The minimum absolute atomic E-state index is 0.558. The molecule has 0 fully saturated rings. The zero-order chi connectivity index (χ0) is 7.28. The molecule has 0 unspecified atom stereocenters. The number of hydrogen-bond acceptors (Lipinski definition) is 2. The molecule has 0 aliphatic heterocycles. The number of aliphatic hydroxyl groups is 2. The lowest BCUT2D eigenvalue weighted by Gasteiger charge is -1.95. The van der Waals surface area contributed by atoms with Crippen molar-refractivity contribution in [2.45, 2.75) is 19.8 Å². The summed E-state index contributed by atoms with van der Waals surface area (Å²) >= 11 is 0. The fourth-order valence-corrected chi connectivity index (χ4v) is 0.430. The summed E-state index contributed by atoms with van der Waals surface area (Å²) in [6.45, 7) is 5.19. The van der Waals surface area contributed by atoms with Crippen LogP contribution in [0.5, 0.6) is 0 Å². The Morgan fingerprint density at radius 3 is 2.44 bits per heavy atom. The van der Waals surface area contributed by atoms with Crippen molar-refractivity contribution in [3.05, 3.63) is 24.2 Å². The maximum absolute atomic E-state index is 8.45. The van der Waals surface area contributed by atoms with E-state index in [4.69, 9.17) is 10.2 Å². The van der Waals surface area contributed by atoms with Gasteiger partial charge in [0.1, 0.15) is 0 Å². The summed E-state index contributed by atoms with van der Waals surface area (Å²) in [5.74, 6) is -0.558. The zero-order valence-electron chi connectivity index (χ0n) is 5.59. The molecule has 0 aliphatic rings. The van der Waals surface area contributed by atoms with Gasteiger partial charge in [-0.15, -0.1) is 6.58 Å². The van der Waals surface area contributed by atoms with Gasteiger partial charge in [0, 0.05) is 5.57 Å². The van der Waals surface area contributed by atoms with E-state index in [1.807, 2.05) is 0 Å². The van der Waals surface area contributed by atoms with Gasteiger partial charge in [0.05, 0.1) is 0 Å². The van der Waals surface area contributed by atoms with Crippen LogP contribution in [0, 0.1) is 0 Å². The lowest BCUT2D eigenvalue weighted by molar-refractivity contribution is 0.183. The predicted molar refractivity (Wildman–Crippen MR) is 37.4 cm³/mol. The Morgan fingerprint density at radius 2 is 2.11 bits per heavy atom. The first-order valence-electron chi connectivity index (χ1n) is 2.87. The van der Waals surface area contributed by atoms with E-state index < -0.39 is 5.95 Å². The summed E-state index contributed by atoms with van der Waals surface area (Å²) in [6.07, 6.45) is 3.20. The van der Waals surface area contributed by atoms with Gasteiger partial charge in [0.25, 0.3) is 5.95 Å². The molecule has 0 saturated carbocycles. The van der Waals surface area contributed by atoms with Crippen LogP contribution in [0.2, 0.25) is 0 Å². The summed E-state index contributed by atoms with van der Waals surface area (Å²) < 4.78 is 0. The molecule has 2 nitrogen and oxygen atoms in total. The van der Waals surface area contributed by atoms with Gasteiger partial charge in [0.2, 0.25) is 0 Å². The van der Waals surface area contributed by atoms with Crippen molar-refractivity contribution in [2.24, 2.45) is 0 Å². The number of aliphatic hydroxyl groups excluding tert-OH is 1. The fourth-order valence-electron chi connectivity index (χ4n) is 0.430. The number of allylic oxidation sites excluding steroid dienone is 2. The molecule has 0 aromatic heterocycles. The van der Waals surface area contributed by atoms with Gasteiger partial charge in [-0.1, -0.05) is 6.08 Å². The molecule has 0 rings (SSSR count). The van der Waals surface area contributed by atoms with Crippen LogP contribution in [-0.4, -0.2) is 10.2 Å². The van der Waals surface area contributed by atoms with Crippen LogP contribution >= 0.6 is 0 Å². The first kappa shape index (κ1) is 8.08. The Hall–Kier alpha value is -0.920. The second kappa shape index (κ2) is 4.01. The molecule has 0 amide bonds. The van der Waals surface area contributed by atoms with Crippen molar-refractivity contribution in [1.29, 1.82) is 0 Å². The maximum Gasteiger partial charge on any atom is 0.272 e. The van der Waals surface area contributed by atoms with Crippen LogP contribution in [0.15, 0.2) is 24.2 Å². The Morgan fingerprint density at radius 1 is 1.56 bits per heavy atom. The van der Waals surface area contributed by atoms with Gasteiger partial charge in [-0.05, 0) is 19.8 Å². The molecule has 2 N–H and O–H groups in total. The largest absolute Gasteiger partial charge is 0.481 e. The lowest BCUT2D eigenvalue weighted by Crippen LogP contribution is -1.84. The zero-order valence-corrected chi connectivity index (χ0v) is 5.59. The molecule has 0 spiro atoms. The first-order chi connectivity index (χ1) is 4.18. The molecule has 0 aromatic rings. The van der Waals surface area contributed by atoms with Gasteiger partial charge < -0.3 is 10.2 Å². The quantitative estimate of drug-likeness (QED) is 0.452. The second-order valence-electron chi connectivity index (χ2n) is 1.93. The third-order valence-corrected chi connectivity index (χ3v) is 1.11. The van der Waals surface area contributed by atoms with Crippen molar-refractivity contribution in [2.75, 3.05) is 0 Å². The van der Waals surface area contributed by atoms with Crippen LogP contribution in [0.1, 0.15) is 19.8 Å². The van der Waals surface area contributed by atoms with Crippen molar-refractivity contribution in [1.82, 2.24) is 0 Å². The third-order valence-electron chi connectivity index (χ3n) is 1.11. The molecule has 2 heteroatoms. The van der Waals surface area contributed by atoms with Crippen LogP contribution in [0.3, 0.4) is 0 Å². The molecule has 0 atom stereocenters.